The standard InChI is InChI=1S/2C9H13F3O3S.C8H14O.2CH4/c2*1-8(2)5-3-7(4-6-8)15-16(13,14)9(10,11)12;1-8(2)5-3-7(9)4-6-8;;/h2*3H,4-6H2,1-2H3;3-6H2,1-2H3;2*1H4/i3D,4D2,6D;3D,4D2,5D;3D2,4D2,5D;;. The molecule has 1 fully saturated rings. The molecular weight excluding hydrogens is 626 g/mol. The fourth-order valence-corrected chi connectivity index (χ4v) is 3.28. The maximum absolute atomic E-state index is 12.3. The van der Waals surface area contributed by atoms with Crippen LogP contribution in [0.15, 0.2) is 23.6 Å². The lowest BCUT2D eigenvalue weighted by Crippen LogP contribution is -2.26. The van der Waals surface area contributed by atoms with E-state index in [2.05, 4.69) is 8.37 Å². The lowest BCUT2D eigenvalue weighted by atomic mass is 9.77. The highest BCUT2D eigenvalue weighted by Crippen LogP contribution is 2.38. The van der Waals surface area contributed by atoms with E-state index in [1.54, 1.807) is 13.8 Å². The highest BCUT2D eigenvalue weighted by molar-refractivity contribution is 7.88. The fraction of sp³-hybridized carbons (Fsp3) is 0.821. The van der Waals surface area contributed by atoms with Crippen LogP contribution in [0.4, 0.5) is 26.3 Å². The largest absolute Gasteiger partial charge is 0.534 e. The minimum atomic E-state index is -6.06. The van der Waals surface area contributed by atoms with Crippen molar-refractivity contribution in [2.75, 3.05) is 0 Å². The predicted octanol–water partition coefficient (Wildman–Crippen LogP) is 9.32. The Morgan fingerprint density at radius 3 is 1.58 bits per heavy atom. The zero-order chi connectivity index (χ0) is 43.7. The van der Waals surface area contributed by atoms with Crippen molar-refractivity contribution in [3.8, 4) is 0 Å². The Bertz CT molecular complexity index is 1740. The quantitative estimate of drug-likeness (QED) is 0.165. The molecule has 3 atom stereocenters. The summed E-state index contributed by atoms with van der Waals surface area (Å²) >= 11 is 0. The number of hydrogen-bond acceptors (Lipinski definition) is 7. The van der Waals surface area contributed by atoms with Gasteiger partial charge in [-0.3, -0.25) is 4.79 Å². The smallest absolute Gasteiger partial charge is 0.381 e. The van der Waals surface area contributed by atoms with Crippen molar-refractivity contribution in [3.05, 3.63) is 23.6 Å². The first-order valence-corrected chi connectivity index (χ1v) is 14.3. The van der Waals surface area contributed by atoms with Crippen molar-refractivity contribution < 1.29 is 74.2 Å². The maximum Gasteiger partial charge on any atom is 0.534 e. The topological polar surface area (TPSA) is 104 Å². The third kappa shape index (κ3) is 15.2. The summed E-state index contributed by atoms with van der Waals surface area (Å²) < 4.78 is 223. The van der Waals surface area contributed by atoms with E-state index in [1.165, 1.54) is 27.7 Å². The van der Waals surface area contributed by atoms with Crippen LogP contribution in [0, 0.1) is 16.2 Å². The summed E-state index contributed by atoms with van der Waals surface area (Å²) in [6.07, 6.45) is -14.8. The van der Waals surface area contributed by atoms with Crippen LogP contribution >= 0.6 is 0 Å². The molecule has 0 heterocycles. The van der Waals surface area contributed by atoms with Gasteiger partial charge in [0, 0.05) is 40.6 Å². The van der Waals surface area contributed by atoms with Gasteiger partial charge in [0.2, 0.25) is 0 Å². The van der Waals surface area contributed by atoms with Gasteiger partial charge in [0.15, 0.2) is 0 Å². The van der Waals surface area contributed by atoms with Gasteiger partial charge in [-0.05, 0) is 66.8 Å². The minimum Gasteiger partial charge on any atom is -0.381 e. The summed E-state index contributed by atoms with van der Waals surface area (Å²) in [4.78, 5) is 11.4. The molecule has 256 valence electrons. The SMILES string of the molecule is C.C.[2H]C1=C(OS(=O)(=O)C(F)(F)F)C([2H])([2H])C([2H])C(C)(C)C1.[2H]C1=C(OS(=O)(=O)C(F)(F)F)C([2H])([2H])CC(C)(C)C1[2H].[2H]C1C(C)(C)CC([2H])([2H])C(=O)C1([2H])[2H]. The van der Waals surface area contributed by atoms with Crippen molar-refractivity contribution >= 4 is 26.0 Å². The number of ketones is 1. The van der Waals surface area contributed by atoms with Gasteiger partial charge in [-0.2, -0.15) is 43.2 Å². The van der Waals surface area contributed by atoms with Crippen LogP contribution < -0.4 is 0 Å². The first kappa shape index (κ1) is 24.5. The number of halogens is 6. The second-order valence-electron chi connectivity index (χ2n) is 10.8. The molecule has 1 saturated carbocycles. The number of Topliss-reactive ketones (excluding diaryl/α,β-unsaturated/α-hetero) is 1. The summed E-state index contributed by atoms with van der Waals surface area (Å²) in [7, 11) is -12.1. The van der Waals surface area contributed by atoms with E-state index < -0.39 is 128 Å². The molecule has 0 saturated heterocycles. The number of carbonyl (C=O) groups is 1. The van der Waals surface area contributed by atoms with Crippen LogP contribution in [0.1, 0.15) is 138 Å². The number of allylic oxidation sites excluding steroid dienone is 4. The maximum atomic E-state index is 12.3. The monoisotopic (exact) mass is 687 g/mol. The van der Waals surface area contributed by atoms with Crippen molar-refractivity contribution in [3.63, 3.8) is 0 Å². The van der Waals surface area contributed by atoms with Crippen LogP contribution in [-0.4, -0.2) is 33.6 Å². The molecule has 0 spiro atoms. The number of alkyl halides is 6. The summed E-state index contributed by atoms with van der Waals surface area (Å²) in [5.41, 5.74) is -14.3. The summed E-state index contributed by atoms with van der Waals surface area (Å²) in [6, 6.07) is -1.60. The summed E-state index contributed by atoms with van der Waals surface area (Å²) in [5, 5.41) is 0. The summed E-state index contributed by atoms with van der Waals surface area (Å²) in [5.74, 6) is -3.63. The van der Waals surface area contributed by atoms with Gasteiger partial charge in [0.1, 0.15) is 17.3 Å². The Kier molecular flexibility index (Phi) is 8.81. The Hall–Kier alpha value is -1.77. The van der Waals surface area contributed by atoms with Crippen LogP contribution in [0.3, 0.4) is 0 Å². The normalized spacial score (nSPS) is 36.1. The Morgan fingerprint density at radius 2 is 1.12 bits per heavy atom. The zero-order valence-electron chi connectivity index (χ0n) is 35.8. The molecule has 15 heteroatoms. The van der Waals surface area contributed by atoms with Gasteiger partial charge in [-0.1, -0.05) is 56.4 Å². The van der Waals surface area contributed by atoms with Crippen molar-refractivity contribution in [1.29, 1.82) is 0 Å². The third-order valence-electron chi connectivity index (χ3n) is 4.85. The van der Waals surface area contributed by atoms with E-state index in [9.17, 15) is 48.0 Å². The average molecular weight is 688 g/mol. The fourth-order valence-electron chi connectivity index (χ4n) is 2.43. The molecule has 0 bridgehead atoms. The first-order chi connectivity index (χ1) is 23.3. The van der Waals surface area contributed by atoms with E-state index in [0.717, 1.165) is 0 Å². The molecular formula is C28H48F6O7S2. The van der Waals surface area contributed by atoms with E-state index in [4.69, 9.17) is 17.8 Å². The van der Waals surface area contributed by atoms with Gasteiger partial charge in [-0.25, -0.2) is 0 Å². The van der Waals surface area contributed by atoms with Gasteiger partial charge < -0.3 is 8.37 Å². The zero-order valence-corrected chi connectivity index (χ0v) is 24.4. The van der Waals surface area contributed by atoms with Crippen LogP contribution in [-0.2, 0) is 33.4 Å². The highest BCUT2D eigenvalue weighted by Gasteiger charge is 2.50. The molecule has 3 unspecified atom stereocenters. The number of carbonyl (C=O) groups excluding carboxylic acids is 1. The van der Waals surface area contributed by atoms with Crippen LogP contribution in [0.5, 0.6) is 0 Å². The third-order valence-corrected chi connectivity index (χ3v) is 6.75. The molecule has 3 aliphatic carbocycles. The van der Waals surface area contributed by atoms with E-state index in [0.29, 0.717) is 0 Å². The van der Waals surface area contributed by atoms with Crippen LogP contribution in [0.2, 0.25) is 0 Å². The molecule has 3 aliphatic rings. The Labute approximate surface area is 272 Å². The summed E-state index contributed by atoms with van der Waals surface area (Å²) in [6.45, 7) is 9.09. The minimum absolute atomic E-state index is 0. The van der Waals surface area contributed by atoms with E-state index in [1.807, 2.05) is 0 Å². The molecule has 0 aromatic carbocycles. The number of rotatable bonds is 4. The first-order valence-electron chi connectivity index (χ1n) is 18.2. The molecule has 0 amide bonds. The molecule has 0 N–H and O–H groups in total. The highest BCUT2D eigenvalue weighted by atomic mass is 32.2. The molecule has 3 rings (SSSR count). The molecule has 0 aliphatic heterocycles. The lowest BCUT2D eigenvalue weighted by molar-refractivity contribution is -0.122. The van der Waals surface area contributed by atoms with Gasteiger partial charge in [-0.15, -0.1) is 0 Å². The van der Waals surface area contributed by atoms with Gasteiger partial charge in [0.25, 0.3) is 0 Å². The molecule has 43 heavy (non-hydrogen) atoms. The lowest BCUT2D eigenvalue weighted by Gasteiger charge is -2.28. The van der Waals surface area contributed by atoms with E-state index >= 15 is 0 Å². The Balaban J connectivity index is 0. The second kappa shape index (κ2) is 15.5. The molecule has 0 aromatic rings. The predicted molar refractivity (Wildman–Crippen MR) is 154 cm³/mol. The second-order valence-corrected chi connectivity index (χ2v) is 13.9. The average Bonchev–Trinajstić information content (AvgIpc) is 2.92. The van der Waals surface area contributed by atoms with Crippen LogP contribution in [0.25, 0.3) is 0 Å². The van der Waals surface area contributed by atoms with Crippen molar-refractivity contribution in [1.82, 2.24) is 0 Å². The van der Waals surface area contributed by atoms with Gasteiger partial charge in [0.05, 0.1) is 2.74 Å². The Morgan fingerprint density at radius 1 is 0.698 bits per heavy atom. The van der Waals surface area contributed by atoms with Gasteiger partial charge >= 0.3 is 31.3 Å². The molecule has 0 aromatic heterocycles. The molecule has 7 nitrogen and oxygen atoms in total. The number of hydrogen-bond donors (Lipinski definition) is 0. The van der Waals surface area contributed by atoms with Crippen molar-refractivity contribution in [2.45, 2.75) is 131 Å². The van der Waals surface area contributed by atoms with E-state index in [-0.39, 0.29) is 27.7 Å². The molecule has 0 radical (unpaired) electrons. The van der Waals surface area contributed by atoms with Crippen molar-refractivity contribution in [2.24, 2.45) is 16.2 Å².